The first-order valence-corrected chi connectivity index (χ1v) is 7.40. The highest BCUT2D eigenvalue weighted by Gasteiger charge is 2.06. The SMILES string of the molecule is CCCC(CBr)COc1ccc(I)cc1. The van der Waals surface area contributed by atoms with Crippen LogP contribution in [0.15, 0.2) is 24.3 Å². The van der Waals surface area contributed by atoms with Crippen LogP contribution in [0.3, 0.4) is 0 Å². The highest BCUT2D eigenvalue weighted by atomic mass is 127. The average Bonchev–Trinajstić information content (AvgIpc) is 2.26. The van der Waals surface area contributed by atoms with Crippen molar-refractivity contribution in [2.75, 3.05) is 11.9 Å². The highest BCUT2D eigenvalue weighted by Crippen LogP contribution is 2.16. The molecule has 84 valence electrons. The normalized spacial score (nSPS) is 12.5. The Hall–Kier alpha value is 0.230. The van der Waals surface area contributed by atoms with Crippen molar-refractivity contribution < 1.29 is 4.74 Å². The molecule has 1 aromatic carbocycles. The van der Waals surface area contributed by atoms with Gasteiger partial charge in [-0.15, -0.1) is 0 Å². The second-order valence-electron chi connectivity index (χ2n) is 3.57. The molecular formula is C12H16BrIO. The number of rotatable bonds is 6. The zero-order chi connectivity index (χ0) is 11.1. The molecule has 0 heterocycles. The molecule has 3 heteroatoms. The van der Waals surface area contributed by atoms with E-state index in [4.69, 9.17) is 4.74 Å². The summed E-state index contributed by atoms with van der Waals surface area (Å²) in [4.78, 5) is 0. The fraction of sp³-hybridized carbons (Fsp3) is 0.500. The van der Waals surface area contributed by atoms with Crippen LogP contribution in [-0.4, -0.2) is 11.9 Å². The Morgan fingerprint density at radius 1 is 1.33 bits per heavy atom. The van der Waals surface area contributed by atoms with Crippen LogP contribution in [0.2, 0.25) is 0 Å². The van der Waals surface area contributed by atoms with Crippen LogP contribution in [-0.2, 0) is 0 Å². The zero-order valence-corrected chi connectivity index (χ0v) is 12.6. The zero-order valence-electron chi connectivity index (χ0n) is 8.88. The predicted molar refractivity (Wildman–Crippen MR) is 76.8 cm³/mol. The van der Waals surface area contributed by atoms with Gasteiger partial charge in [0.25, 0.3) is 0 Å². The van der Waals surface area contributed by atoms with Gasteiger partial charge in [0.2, 0.25) is 0 Å². The molecule has 0 saturated carbocycles. The minimum absolute atomic E-state index is 0.620. The van der Waals surface area contributed by atoms with Crippen molar-refractivity contribution in [1.82, 2.24) is 0 Å². The van der Waals surface area contributed by atoms with Gasteiger partial charge in [0, 0.05) is 14.8 Å². The number of benzene rings is 1. The molecule has 1 nitrogen and oxygen atoms in total. The third-order valence-corrected chi connectivity index (χ3v) is 3.85. The molecule has 0 aliphatic heterocycles. The second-order valence-corrected chi connectivity index (χ2v) is 5.47. The fourth-order valence-corrected chi connectivity index (χ4v) is 2.23. The van der Waals surface area contributed by atoms with E-state index in [9.17, 15) is 0 Å². The molecule has 1 atom stereocenters. The average molecular weight is 383 g/mol. The summed E-state index contributed by atoms with van der Waals surface area (Å²) in [5, 5.41) is 1.02. The van der Waals surface area contributed by atoms with Crippen molar-refractivity contribution in [2.45, 2.75) is 19.8 Å². The van der Waals surface area contributed by atoms with Gasteiger partial charge < -0.3 is 4.74 Å². The molecule has 0 aromatic heterocycles. The third kappa shape index (κ3) is 5.20. The van der Waals surface area contributed by atoms with Crippen LogP contribution in [0.5, 0.6) is 5.75 Å². The van der Waals surface area contributed by atoms with E-state index in [0.29, 0.717) is 5.92 Å². The first kappa shape index (κ1) is 13.3. The Balaban J connectivity index is 2.38. The fourth-order valence-electron chi connectivity index (χ4n) is 1.36. The number of ether oxygens (including phenoxy) is 1. The van der Waals surface area contributed by atoms with Crippen LogP contribution in [0.4, 0.5) is 0 Å². The summed E-state index contributed by atoms with van der Waals surface area (Å²) in [6.07, 6.45) is 2.43. The monoisotopic (exact) mass is 382 g/mol. The molecule has 0 fully saturated rings. The van der Waals surface area contributed by atoms with E-state index < -0.39 is 0 Å². The molecule has 1 rings (SSSR count). The second kappa shape index (κ2) is 7.49. The number of hydrogen-bond donors (Lipinski definition) is 0. The van der Waals surface area contributed by atoms with Gasteiger partial charge in [0.1, 0.15) is 5.75 Å². The Morgan fingerprint density at radius 2 is 2.00 bits per heavy atom. The number of hydrogen-bond acceptors (Lipinski definition) is 1. The van der Waals surface area contributed by atoms with Gasteiger partial charge in [0.05, 0.1) is 6.61 Å². The molecule has 0 saturated heterocycles. The van der Waals surface area contributed by atoms with Gasteiger partial charge in [-0.05, 0) is 53.3 Å². The lowest BCUT2D eigenvalue weighted by molar-refractivity contribution is 0.255. The summed E-state index contributed by atoms with van der Waals surface area (Å²) in [6.45, 7) is 3.01. The summed E-state index contributed by atoms with van der Waals surface area (Å²) in [5.74, 6) is 1.59. The van der Waals surface area contributed by atoms with Crippen molar-refractivity contribution in [3.05, 3.63) is 27.8 Å². The Bertz CT molecular complexity index is 273. The van der Waals surface area contributed by atoms with Crippen molar-refractivity contribution in [2.24, 2.45) is 5.92 Å². The molecule has 0 radical (unpaired) electrons. The maximum atomic E-state index is 5.73. The topological polar surface area (TPSA) is 9.23 Å². The van der Waals surface area contributed by atoms with Gasteiger partial charge >= 0.3 is 0 Å². The standard InChI is InChI=1S/C12H16BrIO/c1-2-3-10(8-13)9-15-12-6-4-11(14)5-7-12/h4-7,10H,2-3,8-9H2,1H3. The summed E-state index contributed by atoms with van der Waals surface area (Å²) >= 11 is 5.82. The molecule has 0 bridgehead atoms. The van der Waals surface area contributed by atoms with E-state index in [1.807, 2.05) is 12.1 Å². The van der Waals surface area contributed by atoms with Crippen molar-refractivity contribution in [3.63, 3.8) is 0 Å². The molecule has 15 heavy (non-hydrogen) atoms. The van der Waals surface area contributed by atoms with E-state index in [-0.39, 0.29) is 0 Å². The first-order chi connectivity index (χ1) is 7.26. The Morgan fingerprint density at radius 3 is 2.53 bits per heavy atom. The van der Waals surface area contributed by atoms with Gasteiger partial charge in [-0.25, -0.2) is 0 Å². The van der Waals surface area contributed by atoms with Gasteiger partial charge in [-0.1, -0.05) is 29.3 Å². The summed E-state index contributed by atoms with van der Waals surface area (Å²) < 4.78 is 6.97. The quantitative estimate of drug-likeness (QED) is 0.520. The van der Waals surface area contributed by atoms with Crippen LogP contribution in [0, 0.1) is 9.49 Å². The Kier molecular flexibility index (Phi) is 6.64. The summed E-state index contributed by atoms with van der Waals surface area (Å²) in [6, 6.07) is 8.19. The highest BCUT2D eigenvalue weighted by molar-refractivity contribution is 14.1. The van der Waals surface area contributed by atoms with Crippen LogP contribution in [0.1, 0.15) is 19.8 Å². The lowest BCUT2D eigenvalue weighted by Crippen LogP contribution is -2.13. The molecular weight excluding hydrogens is 367 g/mol. The molecule has 0 spiro atoms. The van der Waals surface area contributed by atoms with Crippen molar-refractivity contribution >= 4 is 38.5 Å². The van der Waals surface area contributed by atoms with Gasteiger partial charge in [-0.3, -0.25) is 0 Å². The van der Waals surface area contributed by atoms with Crippen LogP contribution < -0.4 is 4.74 Å². The molecule has 0 N–H and O–H groups in total. The van der Waals surface area contributed by atoms with E-state index >= 15 is 0 Å². The van der Waals surface area contributed by atoms with Crippen LogP contribution in [0.25, 0.3) is 0 Å². The van der Waals surface area contributed by atoms with E-state index in [1.165, 1.54) is 16.4 Å². The molecule has 1 aromatic rings. The molecule has 0 aliphatic carbocycles. The molecule has 0 aliphatic rings. The lowest BCUT2D eigenvalue weighted by Gasteiger charge is -2.14. The summed E-state index contributed by atoms with van der Waals surface area (Å²) in [5.41, 5.74) is 0. The van der Waals surface area contributed by atoms with Crippen molar-refractivity contribution in [3.8, 4) is 5.75 Å². The smallest absolute Gasteiger partial charge is 0.119 e. The van der Waals surface area contributed by atoms with E-state index in [0.717, 1.165) is 17.7 Å². The third-order valence-electron chi connectivity index (χ3n) is 2.21. The predicted octanol–water partition coefficient (Wildman–Crippen LogP) is 4.48. The minimum Gasteiger partial charge on any atom is -0.493 e. The van der Waals surface area contributed by atoms with Crippen LogP contribution >= 0.6 is 38.5 Å². The van der Waals surface area contributed by atoms with E-state index in [1.54, 1.807) is 0 Å². The number of alkyl halides is 1. The minimum atomic E-state index is 0.620. The summed E-state index contributed by atoms with van der Waals surface area (Å²) in [7, 11) is 0. The van der Waals surface area contributed by atoms with E-state index in [2.05, 4.69) is 57.6 Å². The molecule has 1 unspecified atom stereocenters. The van der Waals surface area contributed by atoms with Crippen molar-refractivity contribution in [1.29, 1.82) is 0 Å². The number of halogens is 2. The van der Waals surface area contributed by atoms with Gasteiger partial charge in [0.15, 0.2) is 0 Å². The largest absolute Gasteiger partial charge is 0.493 e. The first-order valence-electron chi connectivity index (χ1n) is 5.20. The van der Waals surface area contributed by atoms with Gasteiger partial charge in [-0.2, -0.15) is 0 Å². The molecule has 0 amide bonds. The maximum absolute atomic E-state index is 5.73. The maximum Gasteiger partial charge on any atom is 0.119 e. The lowest BCUT2D eigenvalue weighted by atomic mass is 10.1. The Labute approximate surface area is 114 Å².